The van der Waals surface area contributed by atoms with Crippen molar-refractivity contribution in [3.8, 4) is 11.1 Å². The number of halogens is 1. The normalized spacial score (nSPS) is 16.9. The van der Waals surface area contributed by atoms with E-state index in [1.807, 2.05) is 13.1 Å². The number of rotatable bonds is 10. The summed E-state index contributed by atoms with van der Waals surface area (Å²) in [5.41, 5.74) is 11.3. The van der Waals surface area contributed by atoms with Crippen LogP contribution in [-0.2, 0) is 47.3 Å². The Bertz CT molecular complexity index is 1870. The molecule has 0 atom stereocenters. The maximum atomic E-state index is 15.5. The minimum absolute atomic E-state index is 0.0432. The van der Waals surface area contributed by atoms with E-state index < -0.39 is 17.3 Å². The lowest BCUT2D eigenvalue weighted by atomic mass is 9.97. The van der Waals surface area contributed by atoms with Gasteiger partial charge in [0.15, 0.2) is 0 Å². The maximum absolute atomic E-state index is 15.5. The van der Waals surface area contributed by atoms with Gasteiger partial charge in [-0.2, -0.15) is 0 Å². The van der Waals surface area contributed by atoms with E-state index >= 15 is 4.39 Å². The smallest absolute Gasteiger partial charge is 0.302 e. The van der Waals surface area contributed by atoms with Crippen LogP contribution in [0.5, 0.6) is 0 Å². The Kier molecular flexibility index (Phi) is 9.51. The Hall–Kier alpha value is -4.75. The minimum Gasteiger partial charge on any atom is -0.461 e. The molecular weight excluding hydrogens is 617 g/mol. The molecule has 1 amide bonds. The SMILES string of the molecule is CNC(=CC(N)=Nc1cc(-c2cc(F)cc(N3CCn4c(cc5c4CCCC5)C3=O)c2COC(C)=O)cn(C)c1=O)CN(C)C1COC1. The van der Waals surface area contributed by atoms with Gasteiger partial charge in [0, 0.05) is 75.4 Å². The van der Waals surface area contributed by atoms with Gasteiger partial charge in [-0.3, -0.25) is 19.3 Å². The molecule has 0 unspecified atom stereocenters. The summed E-state index contributed by atoms with van der Waals surface area (Å²) in [6.45, 7) is 3.89. The van der Waals surface area contributed by atoms with Crippen molar-refractivity contribution in [2.24, 2.45) is 17.8 Å². The van der Waals surface area contributed by atoms with Crippen LogP contribution in [0.2, 0.25) is 0 Å². The number of nitrogens with zero attached hydrogens (tertiary/aromatic N) is 5. The zero-order valence-corrected chi connectivity index (χ0v) is 27.8. The maximum Gasteiger partial charge on any atom is 0.302 e. The molecular formula is C35H42FN7O5. The molecule has 1 aromatic carbocycles. The number of carbonyl (C=O) groups is 2. The van der Waals surface area contributed by atoms with Gasteiger partial charge >= 0.3 is 5.97 Å². The molecule has 4 heterocycles. The number of ether oxygens (including phenoxy) is 2. The van der Waals surface area contributed by atoms with Gasteiger partial charge in [0.1, 0.15) is 29.6 Å². The van der Waals surface area contributed by atoms with E-state index in [0.29, 0.717) is 67.0 Å². The molecule has 2 aliphatic heterocycles. The van der Waals surface area contributed by atoms with Gasteiger partial charge in [-0.25, -0.2) is 9.38 Å². The van der Waals surface area contributed by atoms with Gasteiger partial charge < -0.3 is 34.6 Å². The highest BCUT2D eigenvalue weighted by atomic mass is 19.1. The van der Waals surface area contributed by atoms with Crippen LogP contribution < -0.4 is 21.5 Å². The number of pyridine rings is 1. The number of aromatic nitrogens is 2. The lowest BCUT2D eigenvalue weighted by molar-refractivity contribution is -0.142. The van der Waals surface area contributed by atoms with Gasteiger partial charge in [-0.15, -0.1) is 0 Å². The summed E-state index contributed by atoms with van der Waals surface area (Å²) in [6.07, 6.45) is 7.29. The van der Waals surface area contributed by atoms with Crippen LogP contribution in [0.15, 0.2) is 52.0 Å². The molecule has 0 bridgehead atoms. The number of benzene rings is 1. The zero-order chi connectivity index (χ0) is 34.1. The molecule has 3 aromatic rings. The second-order valence-electron chi connectivity index (χ2n) is 12.6. The summed E-state index contributed by atoms with van der Waals surface area (Å²) < 4.78 is 29.7. The number of amides is 1. The third kappa shape index (κ3) is 6.65. The molecule has 1 fully saturated rings. The molecule has 1 aliphatic carbocycles. The highest BCUT2D eigenvalue weighted by Crippen LogP contribution is 2.37. The number of nitrogens with two attached hydrogens (primary N) is 1. The van der Waals surface area contributed by atoms with Crippen LogP contribution in [0.1, 0.15) is 47.1 Å². The number of hydrogen-bond acceptors (Lipinski definition) is 8. The highest BCUT2D eigenvalue weighted by Gasteiger charge is 2.32. The summed E-state index contributed by atoms with van der Waals surface area (Å²) in [5.74, 6) is -1.24. The fourth-order valence-corrected chi connectivity index (χ4v) is 6.66. The van der Waals surface area contributed by atoms with Gasteiger partial charge in [-0.05, 0) is 68.1 Å². The van der Waals surface area contributed by atoms with Crippen LogP contribution in [0.3, 0.4) is 0 Å². The van der Waals surface area contributed by atoms with Crippen molar-refractivity contribution in [1.29, 1.82) is 0 Å². The summed E-state index contributed by atoms with van der Waals surface area (Å²) in [7, 11) is 5.35. The molecule has 1 saturated heterocycles. The number of carbonyl (C=O) groups excluding carboxylic acids is 2. The molecule has 6 rings (SSSR count). The van der Waals surface area contributed by atoms with Crippen LogP contribution in [0.4, 0.5) is 15.8 Å². The first-order valence-electron chi connectivity index (χ1n) is 16.2. The molecule has 0 saturated carbocycles. The van der Waals surface area contributed by atoms with E-state index in [-0.39, 0.29) is 24.0 Å². The van der Waals surface area contributed by atoms with Gasteiger partial charge in [0.05, 0.1) is 24.9 Å². The fourth-order valence-electron chi connectivity index (χ4n) is 6.66. The van der Waals surface area contributed by atoms with E-state index in [4.69, 9.17) is 15.2 Å². The number of anilines is 1. The van der Waals surface area contributed by atoms with E-state index in [9.17, 15) is 14.4 Å². The van der Waals surface area contributed by atoms with Crippen molar-refractivity contribution in [2.45, 2.75) is 51.8 Å². The van der Waals surface area contributed by atoms with E-state index in [2.05, 4.69) is 19.8 Å². The second-order valence-corrected chi connectivity index (χ2v) is 12.6. The summed E-state index contributed by atoms with van der Waals surface area (Å²) in [4.78, 5) is 47.3. The quantitative estimate of drug-likeness (QED) is 0.193. The van der Waals surface area contributed by atoms with Gasteiger partial charge in [0.2, 0.25) is 0 Å². The lowest BCUT2D eigenvalue weighted by Crippen LogP contribution is -2.48. The van der Waals surface area contributed by atoms with Crippen molar-refractivity contribution >= 4 is 29.1 Å². The summed E-state index contributed by atoms with van der Waals surface area (Å²) >= 11 is 0. The number of aryl methyl sites for hydroxylation is 2. The largest absolute Gasteiger partial charge is 0.461 e. The Morgan fingerprint density at radius 2 is 1.96 bits per heavy atom. The third-order valence-electron chi connectivity index (χ3n) is 9.35. The van der Waals surface area contributed by atoms with Crippen LogP contribution >= 0.6 is 0 Å². The van der Waals surface area contributed by atoms with Crippen molar-refractivity contribution in [2.75, 3.05) is 45.3 Å². The highest BCUT2D eigenvalue weighted by molar-refractivity contribution is 6.07. The Morgan fingerprint density at radius 3 is 2.67 bits per heavy atom. The molecule has 0 spiro atoms. The lowest BCUT2D eigenvalue weighted by Gasteiger charge is -2.35. The zero-order valence-electron chi connectivity index (χ0n) is 27.8. The topological polar surface area (TPSA) is 136 Å². The number of amidine groups is 1. The molecule has 254 valence electrons. The molecule has 3 N–H and O–H groups in total. The molecule has 2 aromatic heterocycles. The Morgan fingerprint density at radius 1 is 1.19 bits per heavy atom. The molecule has 0 radical (unpaired) electrons. The molecule has 12 nitrogen and oxygen atoms in total. The fraction of sp³-hybridized carbons (Fsp3) is 0.429. The van der Waals surface area contributed by atoms with E-state index in [1.54, 1.807) is 31.3 Å². The molecule has 13 heteroatoms. The first-order chi connectivity index (χ1) is 23.0. The van der Waals surface area contributed by atoms with Gasteiger partial charge in [-0.1, -0.05) is 0 Å². The van der Waals surface area contributed by atoms with E-state index in [1.165, 1.54) is 40.9 Å². The van der Waals surface area contributed by atoms with Crippen molar-refractivity contribution < 1.29 is 23.5 Å². The number of hydrogen-bond donors (Lipinski definition) is 2. The first-order valence-corrected chi connectivity index (χ1v) is 16.2. The average molecular weight is 660 g/mol. The van der Waals surface area contributed by atoms with Crippen molar-refractivity contribution in [1.82, 2.24) is 19.4 Å². The monoisotopic (exact) mass is 659 g/mol. The number of nitrogens with one attached hydrogen (secondary N) is 1. The minimum atomic E-state index is -0.583. The Labute approximate surface area is 278 Å². The van der Waals surface area contributed by atoms with Crippen molar-refractivity contribution in [3.05, 3.63) is 80.9 Å². The van der Waals surface area contributed by atoms with Crippen LogP contribution in [0.25, 0.3) is 11.1 Å². The standard InChI is InChI=1S/C35H42FN7O5/c1-21(44)48-20-28-27(13-24(36)14-31(28)43-10-9-42-30-8-6-5-7-22(30)12-32(42)35(43)46)23-11-29(34(45)41(4)16-23)39-33(37)15-25(38-2)17-40(3)26-18-47-19-26/h11-16,26,38H,5-10,17-20H2,1-4H3,(H2,37,39). The summed E-state index contributed by atoms with van der Waals surface area (Å²) in [5, 5.41) is 3.13. The number of esters is 1. The number of fused-ring (bicyclic) bond motifs is 3. The molecule has 48 heavy (non-hydrogen) atoms. The van der Waals surface area contributed by atoms with E-state index in [0.717, 1.165) is 31.4 Å². The first kappa shape index (κ1) is 33.2. The number of likely N-dealkylation sites (N-methyl/N-ethyl adjacent to an activating group) is 2. The Balaban J connectivity index is 1.39. The predicted octanol–water partition coefficient (Wildman–Crippen LogP) is 3.02. The van der Waals surface area contributed by atoms with Crippen LogP contribution in [-0.4, -0.2) is 78.2 Å². The second kappa shape index (κ2) is 13.8. The predicted molar refractivity (Wildman–Crippen MR) is 181 cm³/mol. The summed E-state index contributed by atoms with van der Waals surface area (Å²) in [6, 6.07) is 6.43. The average Bonchev–Trinajstić information content (AvgIpc) is 3.41. The third-order valence-corrected chi connectivity index (χ3v) is 9.35. The van der Waals surface area contributed by atoms with Crippen LogP contribution in [0, 0.1) is 5.82 Å². The van der Waals surface area contributed by atoms with Crippen molar-refractivity contribution in [3.63, 3.8) is 0 Å². The number of aliphatic imine (C=N–C) groups is 1. The van der Waals surface area contributed by atoms with Gasteiger partial charge in [0.25, 0.3) is 11.5 Å². The molecule has 3 aliphatic rings.